The minimum Gasteiger partial charge on any atom is -0.360 e. The van der Waals surface area contributed by atoms with Gasteiger partial charge in [-0.05, 0) is 43.0 Å². The van der Waals surface area contributed by atoms with Crippen molar-refractivity contribution >= 4 is 34.1 Å². The largest absolute Gasteiger partial charge is 0.360 e. The van der Waals surface area contributed by atoms with E-state index >= 15 is 0 Å². The monoisotopic (exact) mass is 268 g/mol. The molecule has 0 bridgehead atoms. The van der Waals surface area contributed by atoms with Crippen LogP contribution in [0.1, 0.15) is 24.3 Å². The molecular weight excluding hydrogens is 255 g/mol. The van der Waals surface area contributed by atoms with Crippen molar-refractivity contribution in [2.24, 2.45) is 0 Å². The zero-order chi connectivity index (χ0) is 11.8. The number of H-pyrrole nitrogens is 1. The molecule has 1 unspecified atom stereocenters. The number of aromatic nitrogens is 1. The average Bonchev–Trinajstić information content (AvgIpc) is 2.74. The zero-order valence-corrected chi connectivity index (χ0v) is 10.9. The standard InChI is InChI=1S/C13H14Cl2N2/c14-9-4-10-11(8-2-1-3-16-6-8)7-17-13(10)12(15)5-9/h4-5,7-8,16-17H,1-3,6H2. The molecule has 0 aliphatic carbocycles. The van der Waals surface area contributed by atoms with Gasteiger partial charge in [-0.1, -0.05) is 23.2 Å². The summed E-state index contributed by atoms with van der Waals surface area (Å²) < 4.78 is 0. The summed E-state index contributed by atoms with van der Waals surface area (Å²) in [5.41, 5.74) is 2.33. The van der Waals surface area contributed by atoms with E-state index in [-0.39, 0.29) is 0 Å². The van der Waals surface area contributed by atoms with Crippen LogP contribution in [0, 0.1) is 0 Å². The Hall–Kier alpha value is -0.700. The lowest BCUT2D eigenvalue weighted by molar-refractivity contribution is 0.463. The van der Waals surface area contributed by atoms with E-state index in [2.05, 4.69) is 16.5 Å². The molecule has 1 aromatic carbocycles. The van der Waals surface area contributed by atoms with Gasteiger partial charge in [0, 0.05) is 23.2 Å². The summed E-state index contributed by atoms with van der Waals surface area (Å²) in [5.74, 6) is 0.562. The second kappa shape index (κ2) is 4.52. The highest BCUT2D eigenvalue weighted by Crippen LogP contribution is 2.34. The Kier molecular flexibility index (Phi) is 3.03. The number of halogens is 2. The van der Waals surface area contributed by atoms with Crippen LogP contribution in [0.5, 0.6) is 0 Å². The number of hydrogen-bond donors (Lipinski definition) is 2. The molecule has 0 amide bonds. The first-order valence-corrected chi connectivity index (χ1v) is 6.68. The summed E-state index contributed by atoms with van der Waals surface area (Å²) in [7, 11) is 0. The average molecular weight is 269 g/mol. The third kappa shape index (κ3) is 2.05. The van der Waals surface area contributed by atoms with Gasteiger partial charge in [0.2, 0.25) is 0 Å². The zero-order valence-electron chi connectivity index (χ0n) is 9.39. The van der Waals surface area contributed by atoms with Crippen molar-refractivity contribution in [3.05, 3.63) is 33.9 Å². The van der Waals surface area contributed by atoms with Crippen molar-refractivity contribution in [2.75, 3.05) is 13.1 Å². The highest BCUT2D eigenvalue weighted by Gasteiger charge is 2.19. The number of hydrogen-bond acceptors (Lipinski definition) is 1. The molecule has 1 aliphatic heterocycles. The molecule has 17 heavy (non-hydrogen) atoms. The van der Waals surface area contributed by atoms with E-state index in [1.165, 1.54) is 18.4 Å². The normalized spacial score (nSPS) is 20.9. The second-order valence-electron chi connectivity index (χ2n) is 4.60. The van der Waals surface area contributed by atoms with Crippen molar-refractivity contribution in [2.45, 2.75) is 18.8 Å². The Labute approximate surface area is 110 Å². The lowest BCUT2D eigenvalue weighted by Crippen LogP contribution is -2.28. The van der Waals surface area contributed by atoms with Crippen molar-refractivity contribution < 1.29 is 0 Å². The molecular formula is C13H14Cl2N2. The van der Waals surface area contributed by atoms with Crippen LogP contribution >= 0.6 is 23.2 Å². The highest BCUT2D eigenvalue weighted by molar-refractivity contribution is 6.38. The van der Waals surface area contributed by atoms with Gasteiger partial charge in [-0.3, -0.25) is 0 Å². The van der Waals surface area contributed by atoms with Gasteiger partial charge in [0.25, 0.3) is 0 Å². The van der Waals surface area contributed by atoms with Crippen LogP contribution in [-0.2, 0) is 0 Å². The summed E-state index contributed by atoms with van der Waals surface area (Å²) >= 11 is 12.3. The Morgan fingerprint density at radius 1 is 1.24 bits per heavy atom. The van der Waals surface area contributed by atoms with E-state index in [1.54, 1.807) is 6.07 Å². The quantitative estimate of drug-likeness (QED) is 0.806. The molecule has 1 aliphatic rings. The van der Waals surface area contributed by atoms with Crippen molar-refractivity contribution in [1.29, 1.82) is 0 Å². The third-order valence-electron chi connectivity index (χ3n) is 3.47. The molecule has 2 heterocycles. The molecule has 0 spiro atoms. The molecule has 0 saturated carbocycles. The molecule has 2 nitrogen and oxygen atoms in total. The minimum absolute atomic E-state index is 0.562. The summed E-state index contributed by atoms with van der Waals surface area (Å²) in [6, 6.07) is 3.79. The highest BCUT2D eigenvalue weighted by atomic mass is 35.5. The van der Waals surface area contributed by atoms with E-state index in [4.69, 9.17) is 23.2 Å². The first-order valence-electron chi connectivity index (χ1n) is 5.92. The molecule has 90 valence electrons. The number of fused-ring (bicyclic) bond motifs is 1. The van der Waals surface area contributed by atoms with E-state index in [0.717, 1.165) is 24.0 Å². The molecule has 4 heteroatoms. The summed E-state index contributed by atoms with van der Waals surface area (Å²) in [4.78, 5) is 3.26. The summed E-state index contributed by atoms with van der Waals surface area (Å²) in [5, 5.41) is 6.00. The fourth-order valence-corrected chi connectivity index (χ4v) is 3.18. The molecule has 2 aromatic rings. The lowest BCUT2D eigenvalue weighted by atomic mass is 9.91. The van der Waals surface area contributed by atoms with Gasteiger partial charge >= 0.3 is 0 Å². The molecule has 1 fully saturated rings. The van der Waals surface area contributed by atoms with Crippen LogP contribution in [0.15, 0.2) is 18.3 Å². The van der Waals surface area contributed by atoms with Crippen molar-refractivity contribution in [3.8, 4) is 0 Å². The van der Waals surface area contributed by atoms with Gasteiger partial charge in [0.05, 0.1) is 10.5 Å². The van der Waals surface area contributed by atoms with Gasteiger partial charge in [-0.15, -0.1) is 0 Å². The molecule has 1 aromatic heterocycles. The van der Waals surface area contributed by atoms with E-state index in [1.807, 2.05) is 6.07 Å². The van der Waals surface area contributed by atoms with Crippen LogP contribution < -0.4 is 5.32 Å². The maximum Gasteiger partial charge on any atom is 0.0661 e. The number of rotatable bonds is 1. The molecule has 3 rings (SSSR count). The van der Waals surface area contributed by atoms with Crippen LogP contribution in [-0.4, -0.2) is 18.1 Å². The SMILES string of the molecule is Clc1cc(Cl)c2[nH]cc(C3CCCNC3)c2c1. The Morgan fingerprint density at radius 2 is 2.12 bits per heavy atom. The summed E-state index contributed by atoms with van der Waals surface area (Å²) in [6.45, 7) is 2.16. The van der Waals surface area contributed by atoms with Crippen LogP contribution in [0.3, 0.4) is 0 Å². The maximum atomic E-state index is 6.18. The van der Waals surface area contributed by atoms with Gasteiger partial charge < -0.3 is 10.3 Å². The van der Waals surface area contributed by atoms with E-state index < -0.39 is 0 Å². The fourth-order valence-electron chi connectivity index (χ4n) is 2.63. The molecule has 1 atom stereocenters. The number of piperidine rings is 1. The van der Waals surface area contributed by atoms with E-state index in [0.29, 0.717) is 16.0 Å². The van der Waals surface area contributed by atoms with Gasteiger partial charge in [-0.2, -0.15) is 0 Å². The predicted octanol–water partition coefficient (Wildman–Crippen LogP) is 3.94. The molecule has 0 radical (unpaired) electrons. The van der Waals surface area contributed by atoms with Gasteiger partial charge in [0.15, 0.2) is 0 Å². The topological polar surface area (TPSA) is 27.8 Å². The lowest BCUT2D eigenvalue weighted by Gasteiger charge is -2.22. The van der Waals surface area contributed by atoms with Crippen molar-refractivity contribution in [3.63, 3.8) is 0 Å². The van der Waals surface area contributed by atoms with E-state index in [9.17, 15) is 0 Å². The summed E-state index contributed by atoms with van der Waals surface area (Å²) in [6.07, 6.45) is 4.53. The van der Waals surface area contributed by atoms with Gasteiger partial charge in [0.1, 0.15) is 0 Å². The fraction of sp³-hybridized carbons (Fsp3) is 0.385. The molecule has 1 saturated heterocycles. The van der Waals surface area contributed by atoms with Crippen LogP contribution in [0.4, 0.5) is 0 Å². The van der Waals surface area contributed by atoms with Crippen LogP contribution in [0.25, 0.3) is 10.9 Å². The number of aromatic amines is 1. The van der Waals surface area contributed by atoms with Crippen molar-refractivity contribution in [1.82, 2.24) is 10.3 Å². The Bertz CT molecular complexity index is 542. The van der Waals surface area contributed by atoms with Gasteiger partial charge in [-0.25, -0.2) is 0 Å². The smallest absolute Gasteiger partial charge is 0.0661 e. The Balaban J connectivity index is 2.10. The first-order chi connectivity index (χ1) is 8.25. The maximum absolute atomic E-state index is 6.18. The third-order valence-corrected chi connectivity index (χ3v) is 3.99. The first kappa shape index (κ1) is 11.4. The number of nitrogens with one attached hydrogen (secondary N) is 2. The second-order valence-corrected chi connectivity index (χ2v) is 5.44. The Morgan fingerprint density at radius 3 is 2.88 bits per heavy atom. The predicted molar refractivity (Wildman–Crippen MR) is 73.2 cm³/mol. The van der Waals surface area contributed by atoms with Crippen LogP contribution in [0.2, 0.25) is 10.0 Å². The minimum atomic E-state index is 0.562. The number of benzene rings is 1. The molecule has 2 N–H and O–H groups in total.